The van der Waals surface area contributed by atoms with Crippen molar-refractivity contribution < 1.29 is 4.79 Å². The van der Waals surface area contributed by atoms with Crippen molar-refractivity contribution in [1.29, 1.82) is 0 Å². The number of aromatic amines is 1. The molecular weight excluding hydrogens is 192 g/mol. The van der Waals surface area contributed by atoms with Crippen LogP contribution in [0.1, 0.15) is 6.92 Å². The Kier molecular flexibility index (Phi) is 2.21. The Labute approximate surface area is 86.2 Å². The zero-order valence-corrected chi connectivity index (χ0v) is 8.24. The minimum Gasteiger partial charge on any atom is -0.322 e. The fraction of sp³-hybridized carbons (Fsp3) is 0.100. The van der Waals surface area contributed by atoms with E-state index in [-0.39, 0.29) is 5.91 Å². The highest BCUT2D eigenvalue weighted by atomic mass is 16.1. The van der Waals surface area contributed by atoms with Gasteiger partial charge in [-0.25, -0.2) is 0 Å². The summed E-state index contributed by atoms with van der Waals surface area (Å²) in [6, 6.07) is 5.30. The van der Waals surface area contributed by atoms with Crippen molar-refractivity contribution in [1.82, 2.24) is 15.4 Å². The van der Waals surface area contributed by atoms with Gasteiger partial charge in [-0.3, -0.25) is 4.79 Å². The van der Waals surface area contributed by atoms with E-state index in [1.165, 1.54) is 0 Å². The minimum absolute atomic E-state index is 0.196. The average Bonchev–Trinajstić information content (AvgIpc) is 2.64. The summed E-state index contributed by atoms with van der Waals surface area (Å²) in [5.41, 5.74) is 2.64. The summed E-state index contributed by atoms with van der Waals surface area (Å²) in [4.78, 5) is 11.3. The van der Waals surface area contributed by atoms with Crippen LogP contribution in [0.5, 0.6) is 0 Å². The maximum Gasteiger partial charge on any atom is 0.250 e. The Bertz CT molecular complexity index is 529. The zero-order valence-electron chi connectivity index (χ0n) is 8.24. The van der Waals surface area contributed by atoms with Crippen molar-refractivity contribution in [3.05, 3.63) is 30.4 Å². The van der Waals surface area contributed by atoms with Gasteiger partial charge < -0.3 is 5.32 Å². The van der Waals surface area contributed by atoms with E-state index in [1.807, 2.05) is 0 Å². The molecule has 1 amide bonds. The minimum atomic E-state index is -0.196. The number of nitrogens with zero attached hydrogens (tertiary/aromatic N) is 2. The molecule has 5 heteroatoms. The standard InChI is InChI=1S/C10H10N4O/c1-6(2)10(15)11-7-3-4-8-9(5-7)13-14-12-8/h3-5H,1H2,2H3,(H,11,15)(H,12,13,14). The van der Waals surface area contributed by atoms with Gasteiger partial charge in [-0.05, 0) is 25.1 Å². The molecular formula is C10H10N4O. The van der Waals surface area contributed by atoms with Crippen molar-refractivity contribution in [2.75, 3.05) is 5.32 Å². The Hall–Kier alpha value is -2.17. The zero-order chi connectivity index (χ0) is 10.8. The van der Waals surface area contributed by atoms with Gasteiger partial charge >= 0.3 is 0 Å². The molecule has 76 valence electrons. The smallest absolute Gasteiger partial charge is 0.250 e. The number of amides is 1. The Morgan fingerprint density at radius 1 is 1.40 bits per heavy atom. The van der Waals surface area contributed by atoms with Crippen LogP contribution >= 0.6 is 0 Å². The number of carbonyl (C=O) groups is 1. The maximum atomic E-state index is 11.3. The topological polar surface area (TPSA) is 70.7 Å². The van der Waals surface area contributed by atoms with E-state index in [2.05, 4.69) is 27.3 Å². The molecule has 5 nitrogen and oxygen atoms in total. The summed E-state index contributed by atoms with van der Waals surface area (Å²) >= 11 is 0. The van der Waals surface area contributed by atoms with Crippen LogP contribution < -0.4 is 5.32 Å². The molecule has 2 N–H and O–H groups in total. The van der Waals surface area contributed by atoms with E-state index < -0.39 is 0 Å². The molecule has 0 fully saturated rings. The average molecular weight is 202 g/mol. The summed E-state index contributed by atoms with van der Waals surface area (Å²) in [5, 5.41) is 13.0. The van der Waals surface area contributed by atoms with Crippen molar-refractivity contribution in [3.8, 4) is 0 Å². The number of carbonyl (C=O) groups excluding carboxylic acids is 1. The molecule has 0 aliphatic carbocycles. The lowest BCUT2D eigenvalue weighted by atomic mass is 10.2. The summed E-state index contributed by atoms with van der Waals surface area (Å²) < 4.78 is 0. The second kappa shape index (κ2) is 3.53. The summed E-state index contributed by atoms with van der Waals surface area (Å²) in [6.45, 7) is 5.21. The third-order valence-electron chi connectivity index (χ3n) is 1.96. The van der Waals surface area contributed by atoms with Gasteiger partial charge in [0, 0.05) is 11.3 Å². The van der Waals surface area contributed by atoms with Crippen molar-refractivity contribution in [2.24, 2.45) is 0 Å². The molecule has 0 atom stereocenters. The number of H-pyrrole nitrogens is 1. The third kappa shape index (κ3) is 1.85. The van der Waals surface area contributed by atoms with Crippen molar-refractivity contribution in [2.45, 2.75) is 6.92 Å². The number of benzene rings is 1. The second-order valence-electron chi connectivity index (χ2n) is 3.26. The predicted molar refractivity (Wildman–Crippen MR) is 57.3 cm³/mol. The van der Waals surface area contributed by atoms with Gasteiger partial charge in [0.2, 0.25) is 0 Å². The molecule has 0 saturated heterocycles. The van der Waals surface area contributed by atoms with Crippen LogP contribution in [0.3, 0.4) is 0 Å². The number of anilines is 1. The molecule has 0 unspecified atom stereocenters. The van der Waals surface area contributed by atoms with Gasteiger partial charge in [-0.2, -0.15) is 15.4 Å². The molecule has 0 saturated carbocycles. The number of hydrogen-bond acceptors (Lipinski definition) is 3. The number of rotatable bonds is 2. The molecule has 0 aliphatic rings. The van der Waals surface area contributed by atoms with E-state index in [4.69, 9.17) is 0 Å². The van der Waals surface area contributed by atoms with Crippen LogP contribution in [0.15, 0.2) is 30.4 Å². The van der Waals surface area contributed by atoms with Crippen LogP contribution in [0.4, 0.5) is 5.69 Å². The first kappa shape index (κ1) is 9.39. The Morgan fingerprint density at radius 3 is 2.87 bits per heavy atom. The van der Waals surface area contributed by atoms with Crippen LogP contribution in [0, 0.1) is 0 Å². The highest BCUT2D eigenvalue weighted by Gasteiger charge is 2.04. The lowest BCUT2D eigenvalue weighted by molar-refractivity contribution is -0.112. The Morgan fingerprint density at radius 2 is 2.13 bits per heavy atom. The highest BCUT2D eigenvalue weighted by molar-refractivity contribution is 6.03. The third-order valence-corrected chi connectivity index (χ3v) is 1.96. The lowest BCUT2D eigenvalue weighted by Gasteiger charge is -2.03. The quantitative estimate of drug-likeness (QED) is 0.724. The van der Waals surface area contributed by atoms with Gasteiger partial charge in [0.05, 0.1) is 0 Å². The molecule has 1 heterocycles. The first-order valence-corrected chi connectivity index (χ1v) is 4.44. The van der Waals surface area contributed by atoms with E-state index in [0.717, 1.165) is 11.0 Å². The summed E-state index contributed by atoms with van der Waals surface area (Å²) in [6.07, 6.45) is 0. The van der Waals surface area contributed by atoms with E-state index in [0.29, 0.717) is 11.3 Å². The molecule has 0 radical (unpaired) electrons. The van der Waals surface area contributed by atoms with Crippen molar-refractivity contribution >= 4 is 22.6 Å². The van der Waals surface area contributed by atoms with Crippen LogP contribution in [-0.4, -0.2) is 21.3 Å². The monoisotopic (exact) mass is 202 g/mol. The fourth-order valence-corrected chi connectivity index (χ4v) is 1.16. The Balaban J connectivity index is 2.28. The molecule has 1 aromatic carbocycles. The molecule has 2 aromatic rings. The number of fused-ring (bicyclic) bond motifs is 1. The van der Waals surface area contributed by atoms with E-state index in [1.54, 1.807) is 25.1 Å². The summed E-state index contributed by atoms with van der Waals surface area (Å²) in [5.74, 6) is -0.196. The molecule has 0 spiro atoms. The first-order chi connectivity index (χ1) is 7.16. The molecule has 2 rings (SSSR count). The summed E-state index contributed by atoms with van der Waals surface area (Å²) in [7, 11) is 0. The molecule has 0 aliphatic heterocycles. The molecule has 1 aromatic heterocycles. The maximum absolute atomic E-state index is 11.3. The number of aromatic nitrogens is 3. The van der Waals surface area contributed by atoms with E-state index in [9.17, 15) is 4.79 Å². The van der Waals surface area contributed by atoms with Crippen LogP contribution in [0.25, 0.3) is 11.0 Å². The van der Waals surface area contributed by atoms with Gasteiger partial charge in [0.1, 0.15) is 11.0 Å². The SMILES string of the molecule is C=C(C)C(=O)Nc1ccc2n[nH]nc2c1. The van der Waals surface area contributed by atoms with Crippen molar-refractivity contribution in [3.63, 3.8) is 0 Å². The van der Waals surface area contributed by atoms with Gasteiger partial charge in [0.25, 0.3) is 5.91 Å². The van der Waals surface area contributed by atoms with Gasteiger partial charge in [-0.1, -0.05) is 6.58 Å². The normalized spacial score (nSPS) is 10.2. The van der Waals surface area contributed by atoms with Gasteiger partial charge in [-0.15, -0.1) is 0 Å². The van der Waals surface area contributed by atoms with E-state index >= 15 is 0 Å². The predicted octanol–water partition coefficient (Wildman–Crippen LogP) is 1.47. The lowest BCUT2D eigenvalue weighted by Crippen LogP contribution is -2.11. The van der Waals surface area contributed by atoms with Crippen LogP contribution in [0.2, 0.25) is 0 Å². The number of hydrogen-bond donors (Lipinski definition) is 2. The largest absolute Gasteiger partial charge is 0.322 e. The molecule has 15 heavy (non-hydrogen) atoms. The van der Waals surface area contributed by atoms with Gasteiger partial charge in [0.15, 0.2) is 0 Å². The molecule has 0 bridgehead atoms. The number of nitrogens with one attached hydrogen (secondary N) is 2. The van der Waals surface area contributed by atoms with Crippen LogP contribution in [-0.2, 0) is 4.79 Å². The highest BCUT2D eigenvalue weighted by Crippen LogP contribution is 2.15. The second-order valence-corrected chi connectivity index (χ2v) is 3.26. The fourth-order valence-electron chi connectivity index (χ4n) is 1.16. The first-order valence-electron chi connectivity index (χ1n) is 4.44.